The van der Waals surface area contributed by atoms with E-state index >= 15 is 0 Å². The van der Waals surface area contributed by atoms with Crippen LogP contribution in [0.25, 0.3) is 0 Å². The van der Waals surface area contributed by atoms with E-state index in [2.05, 4.69) is 10.6 Å². The number of nitrogens with two attached hydrogens (primary N) is 1. The van der Waals surface area contributed by atoms with E-state index in [9.17, 15) is 14.4 Å². The lowest BCUT2D eigenvalue weighted by molar-refractivity contribution is -0.121. The molecule has 0 bridgehead atoms. The van der Waals surface area contributed by atoms with Gasteiger partial charge in [-0.2, -0.15) is 0 Å². The SMILES string of the molecule is CCOc1ccc(C(=O)CCC(=O)NCc2ccc(NC(N)=O)cc2)cc1. The van der Waals surface area contributed by atoms with Gasteiger partial charge in [0.15, 0.2) is 5.78 Å². The quantitative estimate of drug-likeness (QED) is 0.590. The molecule has 0 spiro atoms. The fraction of sp³-hybridized carbons (Fsp3) is 0.250. The van der Waals surface area contributed by atoms with Gasteiger partial charge in [-0.25, -0.2) is 4.79 Å². The van der Waals surface area contributed by atoms with Gasteiger partial charge >= 0.3 is 6.03 Å². The van der Waals surface area contributed by atoms with Crippen molar-refractivity contribution >= 4 is 23.4 Å². The Kier molecular flexibility index (Phi) is 7.37. The lowest BCUT2D eigenvalue weighted by Gasteiger charge is -2.07. The molecule has 0 aromatic heterocycles. The summed E-state index contributed by atoms with van der Waals surface area (Å²) in [4.78, 5) is 34.9. The molecular weight excluding hydrogens is 346 g/mol. The van der Waals surface area contributed by atoms with Crippen LogP contribution in [-0.2, 0) is 11.3 Å². The second-order valence-electron chi connectivity index (χ2n) is 5.84. The minimum atomic E-state index is -0.631. The summed E-state index contributed by atoms with van der Waals surface area (Å²) in [6.07, 6.45) is 0.259. The minimum Gasteiger partial charge on any atom is -0.494 e. The zero-order chi connectivity index (χ0) is 19.6. The largest absolute Gasteiger partial charge is 0.494 e. The van der Waals surface area contributed by atoms with Crippen molar-refractivity contribution in [2.45, 2.75) is 26.3 Å². The van der Waals surface area contributed by atoms with Crippen molar-refractivity contribution in [1.29, 1.82) is 0 Å². The van der Waals surface area contributed by atoms with Crippen molar-refractivity contribution in [3.8, 4) is 5.75 Å². The molecule has 2 rings (SSSR count). The lowest BCUT2D eigenvalue weighted by atomic mass is 10.1. The molecule has 0 atom stereocenters. The van der Waals surface area contributed by atoms with E-state index < -0.39 is 6.03 Å². The first-order valence-electron chi connectivity index (χ1n) is 8.66. The van der Waals surface area contributed by atoms with Gasteiger partial charge in [0, 0.05) is 30.6 Å². The van der Waals surface area contributed by atoms with Crippen molar-refractivity contribution in [2.75, 3.05) is 11.9 Å². The standard InChI is InChI=1S/C20H23N3O4/c1-2-27-17-9-5-15(6-10-17)18(24)11-12-19(25)22-13-14-3-7-16(8-4-14)23-20(21)26/h3-10H,2,11-13H2,1H3,(H,22,25)(H3,21,23,26). The van der Waals surface area contributed by atoms with Gasteiger partial charge in [0.1, 0.15) is 5.75 Å². The molecule has 4 N–H and O–H groups in total. The first-order valence-corrected chi connectivity index (χ1v) is 8.66. The molecule has 142 valence electrons. The molecule has 0 aliphatic rings. The number of hydrogen-bond donors (Lipinski definition) is 3. The zero-order valence-electron chi connectivity index (χ0n) is 15.2. The van der Waals surface area contributed by atoms with Crippen LogP contribution in [0, 0.1) is 0 Å². The number of urea groups is 1. The third kappa shape index (κ3) is 6.81. The normalized spacial score (nSPS) is 10.1. The Morgan fingerprint density at radius 3 is 2.22 bits per heavy atom. The predicted molar refractivity (Wildman–Crippen MR) is 103 cm³/mol. The van der Waals surface area contributed by atoms with Crippen molar-refractivity contribution in [3.63, 3.8) is 0 Å². The monoisotopic (exact) mass is 369 g/mol. The van der Waals surface area contributed by atoms with Gasteiger partial charge in [0.05, 0.1) is 6.61 Å². The Morgan fingerprint density at radius 1 is 0.963 bits per heavy atom. The van der Waals surface area contributed by atoms with Gasteiger partial charge in [-0.05, 0) is 48.9 Å². The highest BCUT2D eigenvalue weighted by atomic mass is 16.5. The Bertz CT molecular complexity index is 786. The summed E-state index contributed by atoms with van der Waals surface area (Å²) in [5.41, 5.74) is 7.05. The highest BCUT2D eigenvalue weighted by Crippen LogP contribution is 2.14. The van der Waals surface area contributed by atoms with E-state index in [1.807, 2.05) is 6.92 Å². The number of nitrogens with one attached hydrogen (secondary N) is 2. The fourth-order valence-corrected chi connectivity index (χ4v) is 2.41. The van der Waals surface area contributed by atoms with Crippen LogP contribution in [0.1, 0.15) is 35.7 Å². The van der Waals surface area contributed by atoms with Crippen LogP contribution < -0.4 is 21.1 Å². The number of ether oxygens (including phenoxy) is 1. The number of benzene rings is 2. The van der Waals surface area contributed by atoms with Crippen molar-refractivity contribution in [1.82, 2.24) is 5.32 Å². The molecule has 2 aromatic rings. The predicted octanol–water partition coefficient (Wildman–Crippen LogP) is 2.86. The molecule has 0 saturated carbocycles. The van der Waals surface area contributed by atoms with Crippen molar-refractivity contribution in [3.05, 3.63) is 59.7 Å². The Hall–Kier alpha value is -3.35. The Morgan fingerprint density at radius 2 is 1.63 bits per heavy atom. The van der Waals surface area contributed by atoms with Gasteiger partial charge in [0.25, 0.3) is 0 Å². The number of ketones is 1. The molecule has 0 unspecified atom stereocenters. The van der Waals surface area contributed by atoms with Crippen molar-refractivity contribution in [2.24, 2.45) is 5.73 Å². The Labute approximate surface area is 157 Å². The van der Waals surface area contributed by atoms with Crippen molar-refractivity contribution < 1.29 is 19.1 Å². The van der Waals surface area contributed by atoms with E-state index in [-0.39, 0.29) is 24.5 Å². The number of Topliss-reactive ketones (excluding diaryl/α,β-unsaturated/α-hetero) is 1. The van der Waals surface area contributed by atoms with E-state index in [0.29, 0.717) is 30.2 Å². The highest BCUT2D eigenvalue weighted by Gasteiger charge is 2.09. The smallest absolute Gasteiger partial charge is 0.316 e. The summed E-state index contributed by atoms with van der Waals surface area (Å²) in [5.74, 6) is 0.424. The molecule has 0 aliphatic heterocycles. The van der Waals surface area contributed by atoms with E-state index in [0.717, 1.165) is 5.56 Å². The lowest BCUT2D eigenvalue weighted by Crippen LogP contribution is -2.23. The van der Waals surface area contributed by atoms with Crippen LogP contribution >= 0.6 is 0 Å². The molecule has 7 heteroatoms. The number of primary amides is 1. The first kappa shape index (κ1) is 20.0. The maximum atomic E-state index is 12.2. The van der Waals surface area contributed by atoms with Gasteiger partial charge in [-0.15, -0.1) is 0 Å². The third-order valence-electron chi connectivity index (χ3n) is 3.78. The van der Waals surface area contributed by atoms with Crippen LogP contribution in [0.5, 0.6) is 5.75 Å². The third-order valence-corrected chi connectivity index (χ3v) is 3.78. The molecular formula is C20H23N3O4. The summed E-state index contributed by atoms with van der Waals surface area (Å²) < 4.78 is 5.34. The Balaban J connectivity index is 1.75. The molecule has 0 radical (unpaired) electrons. The molecule has 7 nitrogen and oxygen atoms in total. The second-order valence-corrected chi connectivity index (χ2v) is 5.84. The van der Waals surface area contributed by atoms with E-state index in [4.69, 9.17) is 10.5 Å². The summed E-state index contributed by atoms with van der Waals surface area (Å²) in [6, 6.07) is 13.2. The molecule has 2 aromatic carbocycles. The topological polar surface area (TPSA) is 111 Å². The van der Waals surface area contributed by atoms with Gasteiger partial charge < -0.3 is 21.1 Å². The maximum absolute atomic E-state index is 12.2. The number of carbonyl (C=O) groups is 3. The maximum Gasteiger partial charge on any atom is 0.316 e. The molecule has 0 saturated heterocycles. The number of anilines is 1. The van der Waals surface area contributed by atoms with Crippen LogP contribution in [-0.4, -0.2) is 24.3 Å². The first-order chi connectivity index (χ1) is 13.0. The number of carbonyl (C=O) groups excluding carboxylic acids is 3. The average Bonchev–Trinajstić information content (AvgIpc) is 2.66. The summed E-state index contributed by atoms with van der Waals surface area (Å²) in [5, 5.41) is 5.23. The van der Waals surface area contributed by atoms with E-state index in [1.54, 1.807) is 48.5 Å². The summed E-state index contributed by atoms with van der Waals surface area (Å²) in [7, 11) is 0. The zero-order valence-corrected chi connectivity index (χ0v) is 15.2. The highest BCUT2D eigenvalue weighted by molar-refractivity contribution is 5.98. The summed E-state index contributed by atoms with van der Waals surface area (Å²) >= 11 is 0. The van der Waals surface area contributed by atoms with Crippen LogP contribution in [0.2, 0.25) is 0 Å². The molecule has 27 heavy (non-hydrogen) atoms. The minimum absolute atomic E-state index is 0.0879. The molecule has 3 amide bonds. The molecule has 0 fully saturated rings. The number of amides is 3. The molecule has 0 heterocycles. The summed E-state index contributed by atoms with van der Waals surface area (Å²) in [6.45, 7) is 2.80. The fourth-order valence-electron chi connectivity index (χ4n) is 2.41. The second kappa shape index (κ2) is 9.96. The molecule has 0 aliphatic carbocycles. The average molecular weight is 369 g/mol. The number of hydrogen-bond acceptors (Lipinski definition) is 4. The van der Waals surface area contributed by atoms with Gasteiger partial charge in [-0.1, -0.05) is 12.1 Å². The van der Waals surface area contributed by atoms with Crippen LogP contribution in [0.15, 0.2) is 48.5 Å². The van der Waals surface area contributed by atoms with Crippen LogP contribution in [0.4, 0.5) is 10.5 Å². The van der Waals surface area contributed by atoms with Gasteiger partial charge in [0.2, 0.25) is 5.91 Å². The van der Waals surface area contributed by atoms with E-state index in [1.165, 1.54) is 0 Å². The number of rotatable bonds is 9. The van der Waals surface area contributed by atoms with Gasteiger partial charge in [-0.3, -0.25) is 9.59 Å². The van der Waals surface area contributed by atoms with Crippen LogP contribution in [0.3, 0.4) is 0 Å².